The van der Waals surface area contributed by atoms with Crippen molar-refractivity contribution in [2.24, 2.45) is 21.7 Å². The number of ether oxygens (including phenoxy) is 2. The molecule has 280 valence electrons. The van der Waals surface area contributed by atoms with Crippen LogP contribution in [0, 0.1) is 21.7 Å². The molecule has 0 saturated carbocycles. The maximum absolute atomic E-state index is 13.6. The van der Waals surface area contributed by atoms with E-state index >= 15 is 0 Å². The highest BCUT2D eigenvalue weighted by molar-refractivity contribution is 5.91. The van der Waals surface area contributed by atoms with Gasteiger partial charge in [-0.05, 0) is 90.9 Å². The van der Waals surface area contributed by atoms with Gasteiger partial charge in [-0.2, -0.15) is 0 Å². The lowest BCUT2D eigenvalue weighted by atomic mass is 9.72. The molecule has 0 aliphatic carbocycles. The minimum absolute atomic E-state index is 0.0685. The molecule has 0 unspecified atom stereocenters. The number of nitrogens with one attached hydrogen (secondary N) is 2. The van der Waals surface area contributed by atoms with Gasteiger partial charge in [0.1, 0.15) is 0 Å². The monoisotopic (exact) mass is 707 g/mol. The van der Waals surface area contributed by atoms with Crippen LogP contribution in [-0.4, -0.2) is 29.3 Å². The van der Waals surface area contributed by atoms with Gasteiger partial charge in [0.05, 0.1) is 5.69 Å². The Balaban J connectivity index is 1.76. The van der Waals surface area contributed by atoms with Gasteiger partial charge in [0.2, 0.25) is 0 Å². The van der Waals surface area contributed by atoms with E-state index in [4.69, 9.17) is 14.5 Å². The van der Waals surface area contributed by atoms with Crippen LogP contribution in [0.15, 0.2) is 72.9 Å². The maximum Gasteiger partial charge on any atom is 0.412 e. The molecular weight excluding hydrogens is 647 g/mol. The molecule has 0 aliphatic rings. The molecule has 0 saturated heterocycles. The summed E-state index contributed by atoms with van der Waals surface area (Å²) in [4.78, 5) is 31.8. The molecule has 4 rings (SSSR count). The summed E-state index contributed by atoms with van der Waals surface area (Å²) in [6.07, 6.45) is 0.547. The van der Waals surface area contributed by atoms with Crippen molar-refractivity contribution in [3.8, 4) is 33.9 Å². The lowest BCUT2D eigenvalue weighted by Crippen LogP contribution is -2.52. The Morgan fingerprint density at radius 1 is 0.558 bits per heavy atom. The van der Waals surface area contributed by atoms with Gasteiger partial charge in [-0.25, -0.2) is 9.59 Å². The first kappa shape index (κ1) is 40.4. The summed E-state index contributed by atoms with van der Waals surface area (Å²) in [5, 5.41) is 8.55. The Kier molecular flexibility index (Phi) is 11.3. The number of hydrogen-bond acceptors (Lipinski definition) is 5. The summed E-state index contributed by atoms with van der Waals surface area (Å²) in [6, 6.07) is 21.7. The van der Waals surface area contributed by atoms with E-state index < -0.39 is 12.2 Å². The maximum atomic E-state index is 13.6. The molecular formula is C45H61N3O4. The second-order valence-corrected chi connectivity index (χ2v) is 19.5. The number of hydrogen-bond donors (Lipinski definition) is 2. The Morgan fingerprint density at radius 2 is 1.06 bits per heavy atom. The first-order valence-corrected chi connectivity index (χ1v) is 18.4. The van der Waals surface area contributed by atoms with Crippen LogP contribution < -0.4 is 20.1 Å². The van der Waals surface area contributed by atoms with Gasteiger partial charge in [0.15, 0.2) is 11.5 Å². The smallest absolute Gasteiger partial charge is 0.406 e. The highest BCUT2D eigenvalue weighted by Crippen LogP contribution is 2.39. The van der Waals surface area contributed by atoms with Crippen molar-refractivity contribution < 1.29 is 19.1 Å². The average molecular weight is 708 g/mol. The number of carbonyl (C=O) groups excluding carboxylic acids is 2. The standard InChI is InChI=1S/C45H61N3O4/c1-41(2,3)33-25-31(24-30-18-16-17-19-32(30)33)34-26-29(22-23-46-34)28-20-21-35(51-39(49)47-37(42(4,5)6)43(7,8)9)36(27-28)52-40(50)48-38(44(10,11)12)45(13,14)15/h16-27,37-38H,1-15H3,(H,47,49)(H,48,50). The molecule has 0 bridgehead atoms. The van der Waals surface area contributed by atoms with Crippen LogP contribution in [0.3, 0.4) is 0 Å². The molecule has 52 heavy (non-hydrogen) atoms. The number of nitrogens with zero attached hydrogens (tertiary/aromatic N) is 1. The van der Waals surface area contributed by atoms with Crippen molar-refractivity contribution in [2.45, 2.75) is 121 Å². The third kappa shape index (κ3) is 9.93. The van der Waals surface area contributed by atoms with Crippen molar-refractivity contribution in [3.63, 3.8) is 0 Å². The van der Waals surface area contributed by atoms with Gasteiger partial charge in [-0.1, -0.05) is 134 Å². The molecule has 4 aromatic rings. The number of rotatable bonds is 6. The molecule has 0 fully saturated rings. The Labute approximate surface area is 312 Å². The number of fused-ring (bicyclic) bond motifs is 1. The van der Waals surface area contributed by atoms with Crippen molar-refractivity contribution in [2.75, 3.05) is 0 Å². The van der Waals surface area contributed by atoms with Crippen LogP contribution in [0.4, 0.5) is 9.59 Å². The molecule has 0 radical (unpaired) electrons. The Morgan fingerprint density at radius 3 is 1.58 bits per heavy atom. The van der Waals surface area contributed by atoms with Gasteiger partial charge in [-0.15, -0.1) is 0 Å². The molecule has 1 heterocycles. The number of benzene rings is 3. The van der Waals surface area contributed by atoms with E-state index in [0.717, 1.165) is 27.8 Å². The van der Waals surface area contributed by atoms with Crippen LogP contribution in [0.5, 0.6) is 11.5 Å². The summed E-state index contributed by atoms with van der Waals surface area (Å²) < 4.78 is 11.9. The number of amides is 2. The molecule has 2 amide bonds. The first-order chi connectivity index (χ1) is 23.7. The van der Waals surface area contributed by atoms with Gasteiger partial charge in [-0.3, -0.25) is 4.98 Å². The molecule has 2 N–H and O–H groups in total. The van der Waals surface area contributed by atoms with Crippen molar-refractivity contribution >= 4 is 23.0 Å². The molecule has 3 aromatic carbocycles. The molecule has 0 atom stereocenters. The van der Waals surface area contributed by atoms with E-state index in [9.17, 15) is 9.59 Å². The zero-order valence-corrected chi connectivity index (χ0v) is 34.2. The molecule has 7 nitrogen and oxygen atoms in total. The second kappa shape index (κ2) is 14.6. The zero-order valence-electron chi connectivity index (χ0n) is 34.2. The molecule has 7 heteroatoms. The summed E-state index contributed by atoms with van der Waals surface area (Å²) in [6.45, 7) is 31.7. The predicted molar refractivity (Wildman–Crippen MR) is 215 cm³/mol. The minimum atomic E-state index is -0.624. The topological polar surface area (TPSA) is 89.5 Å². The lowest BCUT2D eigenvalue weighted by molar-refractivity contribution is 0.122. The van der Waals surface area contributed by atoms with E-state index in [0.29, 0.717) is 0 Å². The van der Waals surface area contributed by atoms with Crippen LogP contribution >= 0.6 is 0 Å². The summed E-state index contributed by atoms with van der Waals surface area (Å²) in [7, 11) is 0. The fourth-order valence-electron chi connectivity index (χ4n) is 7.66. The molecule has 1 aromatic heterocycles. The molecule has 0 aliphatic heterocycles. The molecule has 0 spiro atoms. The largest absolute Gasteiger partial charge is 0.412 e. The third-order valence-electron chi connectivity index (χ3n) is 9.40. The fraction of sp³-hybridized carbons (Fsp3) is 0.489. The van der Waals surface area contributed by atoms with Gasteiger partial charge in [0.25, 0.3) is 0 Å². The zero-order chi connectivity index (χ0) is 39.0. The number of pyridine rings is 1. The van der Waals surface area contributed by atoms with Crippen LogP contribution in [0.2, 0.25) is 0 Å². The summed E-state index contributed by atoms with van der Waals surface area (Å²) in [5.74, 6) is 0.272. The van der Waals surface area contributed by atoms with E-state index in [2.05, 4.69) is 151 Å². The van der Waals surface area contributed by atoms with Crippen LogP contribution in [0.1, 0.15) is 109 Å². The van der Waals surface area contributed by atoms with E-state index in [1.165, 1.54) is 10.9 Å². The van der Waals surface area contributed by atoms with E-state index in [1.54, 1.807) is 18.3 Å². The van der Waals surface area contributed by atoms with Crippen LogP contribution in [0.25, 0.3) is 33.2 Å². The highest BCUT2D eigenvalue weighted by atomic mass is 16.6. The SMILES string of the molecule is CC(C)(C)c1cc(-c2cc(-c3ccc(OC(=O)NC(C(C)(C)C)C(C)(C)C)c(OC(=O)NC(C(C)(C)C)C(C)(C)C)c3)ccn2)cc2ccccc12. The normalized spacial score (nSPS) is 13.0. The number of aromatic nitrogens is 1. The Hall–Kier alpha value is -4.39. The summed E-state index contributed by atoms with van der Waals surface area (Å²) in [5.41, 5.74) is 3.73. The van der Waals surface area contributed by atoms with Gasteiger partial charge in [0, 0.05) is 23.8 Å². The first-order valence-electron chi connectivity index (χ1n) is 18.4. The lowest BCUT2D eigenvalue weighted by Gasteiger charge is -2.41. The van der Waals surface area contributed by atoms with Crippen molar-refractivity contribution in [1.29, 1.82) is 0 Å². The minimum Gasteiger partial charge on any atom is -0.406 e. The van der Waals surface area contributed by atoms with Crippen LogP contribution in [-0.2, 0) is 5.41 Å². The van der Waals surface area contributed by atoms with E-state index in [1.807, 2.05) is 18.2 Å². The number of carbonyl (C=O) groups is 2. The van der Waals surface area contributed by atoms with Crippen molar-refractivity contribution in [3.05, 3.63) is 78.5 Å². The quantitative estimate of drug-likeness (QED) is 0.208. The fourth-order valence-corrected chi connectivity index (χ4v) is 7.66. The van der Waals surface area contributed by atoms with Gasteiger partial charge >= 0.3 is 12.2 Å². The third-order valence-corrected chi connectivity index (χ3v) is 9.40. The Bertz CT molecular complexity index is 1880. The summed E-state index contributed by atoms with van der Waals surface area (Å²) >= 11 is 0. The van der Waals surface area contributed by atoms with Crippen molar-refractivity contribution in [1.82, 2.24) is 15.6 Å². The second-order valence-electron chi connectivity index (χ2n) is 19.5. The van der Waals surface area contributed by atoms with Gasteiger partial charge < -0.3 is 20.1 Å². The highest BCUT2D eigenvalue weighted by Gasteiger charge is 2.38. The average Bonchev–Trinajstić information content (AvgIpc) is 3.00. The van der Waals surface area contributed by atoms with E-state index in [-0.39, 0.29) is 50.7 Å². The predicted octanol–water partition coefficient (Wildman–Crippen LogP) is 12.0.